The van der Waals surface area contributed by atoms with Gasteiger partial charge < -0.3 is 0 Å². The highest BCUT2D eigenvalue weighted by atomic mass is 14.3. The minimum Gasteiger partial charge on any atom is -0.0622 e. The lowest BCUT2D eigenvalue weighted by molar-refractivity contribution is 1.18. The van der Waals surface area contributed by atoms with E-state index in [0.717, 1.165) is 0 Å². The fourth-order valence-corrected chi connectivity index (χ4v) is 8.47. The van der Waals surface area contributed by atoms with Crippen LogP contribution in [-0.4, -0.2) is 0 Å². The molecule has 0 heteroatoms. The highest BCUT2D eigenvalue weighted by Crippen LogP contribution is 2.58. The van der Waals surface area contributed by atoms with E-state index in [1.54, 1.807) is 0 Å². The van der Waals surface area contributed by atoms with Gasteiger partial charge in [-0.15, -0.1) is 0 Å². The number of hydrogen-bond acceptors (Lipinski definition) is 0. The molecule has 0 radical (unpaired) electrons. The summed E-state index contributed by atoms with van der Waals surface area (Å²) in [5.74, 6) is 0. The van der Waals surface area contributed by atoms with Crippen molar-refractivity contribution in [3.8, 4) is 55.6 Å². The van der Waals surface area contributed by atoms with Gasteiger partial charge in [-0.3, -0.25) is 0 Å². The number of hydrogen-bond donors (Lipinski definition) is 0. The highest BCUT2D eigenvalue weighted by Gasteiger charge is 2.31. The summed E-state index contributed by atoms with van der Waals surface area (Å²) < 4.78 is 0. The summed E-state index contributed by atoms with van der Waals surface area (Å²) in [5.41, 5.74) is 20.2. The van der Waals surface area contributed by atoms with Gasteiger partial charge in [0.05, 0.1) is 0 Å². The Balaban J connectivity index is 1.46. The predicted octanol–water partition coefficient (Wildman–Crippen LogP) is 13.3. The van der Waals surface area contributed by atoms with Crippen LogP contribution in [0.4, 0.5) is 0 Å². The first kappa shape index (κ1) is 27.8. The molecule has 0 saturated heterocycles. The second-order valence-electron chi connectivity index (χ2n) is 13.4. The van der Waals surface area contributed by atoms with Crippen molar-refractivity contribution in [1.82, 2.24) is 0 Å². The molecule has 224 valence electrons. The Morgan fingerprint density at radius 3 is 1.53 bits per heavy atom. The number of fused-ring (bicyclic) bond motifs is 5. The first-order valence-corrected chi connectivity index (χ1v) is 16.7. The third kappa shape index (κ3) is 3.88. The van der Waals surface area contributed by atoms with Crippen molar-refractivity contribution >= 4 is 32.3 Å². The molecule has 0 N–H and O–H groups in total. The second-order valence-corrected chi connectivity index (χ2v) is 13.4. The van der Waals surface area contributed by atoms with Crippen LogP contribution in [0, 0.1) is 34.6 Å². The molecule has 0 nitrogen and oxygen atoms in total. The van der Waals surface area contributed by atoms with Gasteiger partial charge in [0.2, 0.25) is 0 Å². The van der Waals surface area contributed by atoms with Crippen LogP contribution in [-0.2, 0) is 0 Å². The molecular formula is C47H36. The average molecular weight is 601 g/mol. The Morgan fingerprint density at radius 2 is 0.830 bits per heavy atom. The quantitative estimate of drug-likeness (QED) is 0.189. The van der Waals surface area contributed by atoms with Gasteiger partial charge in [-0.25, -0.2) is 0 Å². The van der Waals surface area contributed by atoms with E-state index in [-0.39, 0.29) is 0 Å². The van der Waals surface area contributed by atoms with Crippen LogP contribution in [0.3, 0.4) is 0 Å². The zero-order chi connectivity index (χ0) is 32.0. The summed E-state index contributed by atoms with van der Waals surface area (Å²) in [7, 11) is 0. The molecule has 1 aliphatic rings. The Morgan fingerprint density at radius 1 is 0.298 bits per heavy atom. The molecule has 1 aliphatic carbocycles. The molecule has 0 bridgehead atoms. The third-order valence-corrected chi connectivity index (χ3v) is 11.2. The van der Waals surface area contributed by atoms with Crippen molar-refractivity contribution in [2.24, 2.45) is 0 Å². The van der Waals surface area contributed by atoms with E-state index in [2.05, 4.69) is 162 Å². The predicted molar refractivity (Wildman–Crippen MR) is 203 cm³/mol. The van der Waals surface area contributed by atoms with Crippen LogP contribution in [0.1, 0.15) is 27.8 Å². The Hall–Kier alpha value is -5.46. The lowest BCUT2D eigenvalue weighted by Crippen LogP contribution is -2.00. The average Bonchev–Trinajstić information content (AvgIpc) is 3.44. The molecule has 9 rings (SSSR count). The summed E-state index contributed by atoms with van der Waals surface area (Å²) in [5, 5.41) is 7.82. The molecule has 0 unspecified atom stereocenters. The highest BCUT2D eigenvalue weighted by molar-refractivity contribution is 6.29. The van der Waals surface area contributed by atoms with Gasteiger partial charge in [0.1, 0.15) is 0 Å². The smallest absolute Gasteiger partial charge is 0.000741 e. The molecule has 0 fully saturated rings. The monoisotopic (exact) mass is 600 g/mol. The largest absolute Gasteiger partial charge is 0.0622 e. The molecule has 0 spiro atoms. The van der Waals surface area contributed by atoms with E-state index in [9.17, 15) is 0 Å². The van der Waals surface area contributed by atoms with Crippen molar-refractivity contribution in [2.75, 3.05) is 0 Å². The van der Waals surface area contributed by atoms with Crippen LogP contribution < -0.4 is 0 Å². The molecular weight excluding hydrogens is 565 g/mol. The van der Waals surface area contributed by atoms with Crippen LogP contribution in [0.5, 0.6) is 0 Å². The maximum Gasteiger partial charge on any atom is -0.000741 e. The first-order chi connectivity index (χ1) is 22.9. The van der Waals surface area contributed by atoms with Crippen molar-refractivity contribution < 1.29 is 0 Å². The van der Waals surface area contributed by atoms with Crippen LogP contribution >= 0.6 is 0 Å². The number of benzene rings is 8. The Labute approximate surface area is 277 Å². The molecule has 0 atom stereocenters. The molecule has 0 amide bonds. The van der Waals surface area contributed by atoms with Gasteiger partial charge in [-0.2, -0.15) is 0 Å². The lowest BCUT2D eigenvalue weighted by atomic mass is 9.82. The van der Waals surface area contributed by atoms with Crippen molar-refractivity contribution in [3.05, 3.63) is 155 Å². The molecule has 47 heavy (non-hydrogen) atoms. The first-order valence-electron chi connectivity index (χ1n) is 16.7. The SMILES string of the molecule is Cc1c(C)c(C)c(-c2ccc3c4c(cccc24)-c2c-3c(-c3ccccc3)c3ccccc3c2-c2ccc3ccccc3c2)c(C)c1C. The number of rotatable bonds is 3. The van der Waals surface area contributed by atoms with Gasteiger partial charge in [-0.1, -0.05) is 121 Å². The topological polar surface area (TPSA) is 0 Å². The van der Waals surface area contributed by atoms with Crippen molar-refractivity contribution in [3.63, 3.8) is 0 Å². The summed E-state index contributed by atoms with van der Waals surface area (Å²) in [4.78, 5) is 0. The van der Waals surface area contributed by atoms with Crippen LogP contribution in [0.2, 0.25) is 0 Å². The van der Waals surface area contributed by atoms with E-state index in [0.29, 0.717) is 0 Å². The van der Waals surface area contributed by atoms with Gasteiger partial charge >= 0.3 is 0 Å². The molecule has 0 saturated carbocycles. The van der Waals surface area contributed by atoms with Gasteiger partial charge in [0.25, 0.3) is 0 Å². The maximum absolute atomic E-state index is 2.42. The second kappa shape index (κ2) is 10.3. The van der Waals surface area contributed by atoms with Crippen LogP contribution in [0.25, 0.3) is 88.0 Å². The summed E-state index contributed by atoms with van der Waals surface area (Å²) in [6, 6.07) is 47.6. The zero-order valence-corrected chi connectivity index (χ0v) is 27.6. The molecule has 0 aromatic heterocycles. The summed E-state index contributed by atoms with van der Waals surface area (Å²) in [6.07, 6.45) is 0. The summed E-state index contributed by atoms with van der Waals surface area (Å²) in [6.45, 7) is 11.4. The molecule has 8 aromatic rings. The maximum atomic E-state index is 2.42. The van der Waals surface area contributed by atoms with E-state index in [4.69, 9.17) is 0 Å². The van der Waals surface area contributed by atoms with E-state index < -0.39 is 0 Å². The third-order valence-electron chi connectivity index (χ3n) is 11.2. The zero-order valence-electron chi connectivity index (χ0n) is 27.6. The molecule has 8 aromatic carbocycles. The van der Waals surface area contributed by atoms with E-state index >= 15 is 0 Å². The minimum absolute atomic E-state index is 1.26. The fraction of sp³-hybridized carbons (Fsp3) is 0.106. The van der Waals surface area contributed by atoms with Crippen LogP contribution in [0.15, 0.2) is 127 Å². The Bertz CT molecular complexity index is 2570. The normalized spacial score (nSPS) is 11.9. The molecule has 0 heterocycles. The minimum atomic E-state index is 1.26. The molecule has 0 aliphatic heterocycles. The summed E-state index contributed by atoms with van der Waals surface area (Å²) >= 11 is 0. The fourth-order valence-electron chi connectivity index (χ4n) is 8.47. The van der Waals surface area contributed by atoms with E-state index in [1.165, 1.54) is 116 Å². The van der Waals surface area contributed by atoms with Gasteiger partial charge in [0, 0.05) is 0 Å². The van der Waals surface area contributed by atoms with E-state index in [1.807, 2.05) is 0 Å². The Kier molecular flexibility index (Phi) is 6.08. The van der Waals surface area contributed by atoms with Gasteiger partial charge in [-0.05, 0) is 156 Å². The van der Waals surface area contributed by atoms with Gasteiger partial charge in [0.15, 0.2) is 0 Å². The van der Waals surface area contributed by atoms with Crippen molar-refractivity contribution in [1.29, 1.82) is 0 Å². The lowest BCUT2D eigenvalue weighted by Gasteiger charge is -2.21. The standard InChI is InChI=1S/C47H36/c1-27-28(2)30(4)42(31(5)29(27)3)39-24-25-41-45-38(39)20-13-21-40(45)46-44(35-23-22-32-14-9-10-17-34(32)26-35)37-19-12-11-18-36(37)43(47(41)46)33-15-7-6-8-16-33/h6-26H,1-5H3. The van der Waals surface area contributed by atoms with Crippen molar-refractivity contribution in [2.45, 2.75) is 34.6 Å².